The van der Waals surface area contributed by atoms with Crippen LogP contribution >= 0.6 is 0 Å². The van der Waals surface area contributed by atoms with Crippen LogP contribution in [0.1, 0.15) is 30.5 Å². The fraction of sp³-hybridized carbons (Fsp3) is 0.367. The Hall–Kier alpha value is -3.73. The van der Waals surface area contributed by atoms with Crippen LogP contribution in [0.3, 0.4) is 0 Å². The number of aromatic nitrogens is 3. The van der Waals surface area contributed by atoms with Crippen LogP contribution in [0.4, 0.5) is 5.69 Å². The Kier molecular flexibility index (Phi) is 6.60. The van der Waals surface area contributed by atoms with Crippen LogP contribution in [0.25, 0.3) is 33.0 Å². The van der Waals surface area contributed by atoms with Gasteiger partial charge in [0.15, 0.2) is 5.69 Å². The number of nitrogens with one attached hydrogen (secondary N) is 2. The summed E-state index contributed by atoms with van der Waals surface area (Å²) >= 11 is 0. The lowest BCUT2D eigenvalue weighted by Gasteiger charge is -2.17. The standard InChI is InChI=1S/C30H32N6O/c1-20-3-7-24(8-4-20)28-27(23-9-11-25(31-2)12-10-23)35-30(37-19-22-13-14-32-16-22)29-34-26(18-36(28)29)17-33-15-21-5-6-21/h3-4,7-12,18,21-22,32-33H,5-6,13-17,19H2,1H3/t22-/m1/s1. The van der Waals surface area contributed by atoms with Crippen molar-refractivity contribution in [1.29, 1.82) is 0 Å². The molecular weight excluding hydrogens is 460 g/mol. The molecule has 0 spiro atoms. The predicted octanol–water partition coefficient (Wildman–Crippen LogP) is 5.41. The smallest absolute Gasteiger partial charge is 0.259 e. The maximum absolute atomic E-state index is 7.35. The molecule has 2 N–H and O–H groups in total. The number of imidazole rings is 1. The van der Waals surface area contributed by atoms with Gasteiger partial charge in [0.1, 0.15) is 0 Å². The van der Waals surface area contributed by atoms with E-state index in [0.29, 0.717) is 30.6 Å². The minimum atomic E-state index is 0.467. The number of rotatable bonds is 9. The first kappa shape index (κ1) is 23.7. The second kappa shape index (κ2) is 10.3. The molecule has 2 fully saturated rings. The van der Waals surface area contributed by atoms with E-state index in [0.717, 1.165) is 65.8 Å². The summed E-state index contributed by atoms with van der Waals surface area (Å²) in [7, 11) is 0. The number of hydrogen-bond acceptors (Lipinski definition) is 5. The third kappa shape index (κ3) is 5.22. The predicted molar refractivity (Wildman–Crippen MR) is 146 cm³/mol. The molecule has 0 radical (unpaired) electrons. The Labute approximate surface area is 217 Å². The van der Waals surface area contributed by atoms with Crippen LogP contribution in [0, 0.1) is 25.3 Å². The highest BCUT2D eigenvalue weighted by Gasteiger charge is 2.23. The largest absolute Gasteiger partial charge is 0.475 e. The number of nitrogens with zero attached hydrogens (tertiary/aromatic N) is 4. The molecule has 188 valence electrons. The van der Waals surface area contributed by atoms with Gasteiger partial charge in [-0.05, 0) is 50.8 Å². The van der Waals surface area contributed by atoms with Gasteiger partial charge in [-0.2, -0.15) is 0 Å². The fourth-order valence-corrected chi connectivity index (χ4v) is 4.91. The molecule has 2 aromatic carbocycles. The Balaban J connectivity index is 1.48. The molecule has 7 nitrogen and oxygen atoms in total. The lowest BCUT2D eigenvalue weighted by atomic mass is 10.0. The zero-order valence-corrected chi connectivity index (χ0v) is 21.2. The molecule has 1 saturated heterocycles. The molecule has 0 bridgehead atoms. The Morgan fingerprint density at radius 1 is 1.03 bits per heavy atom. The van der Waals surface area contributed by atoms with Crippen LogP contribution < -0.4 is 15.4 Å². The van der Waals surface area contributed by atoms with E-state index >= 15 is 0 Å². The van der Waals surface area contributed by atoms with E-state index in [1.807, 2.05) is 24.3 Å². The molecule has 2 aromatic heterocycles. The molecule has 7 heteroatoms. The van der Waals surface area contributed by atoms with Gasteiger partial charge < -0.3 is 15.4 Å². The Bertz CT molecular complexity index is 1420. The third-order valence-electron chi connectivity index (χ3n) is 7.27. The maximum atomic E-state index is 7.35. The average Bonchev–Trinajstić information content (AvgIpc) is 3.41. The number of ether oxygens (including phenoxy) is 1. The van der Waals surface area contributed by atoms with Crippen LogP contribution in [0.15, 0.2) is 54.7 Å². The Morgan fingerprint density at radius 2 is 1.81 bits per heavy atom. The van der Waals surface area contributed by atoms with Gasteiger partial charge in [0.25, 0.3) is 5.88 Å². The summed E-state index contributed by atoms with van der Waals surface area (Å²) in [6.45, 7) is 13.8. The molecule has 37 heavy (non-hydrogen) atoms. The Morgan fingerprint density at radius 3 is 2.51 bits per heavy atom. The van der Waals surface area contributed by atoms with Crippen molar-refractivity contribution in [2.24, 2.45) is 11.8 Å². The highest BCUT2D eigenvalue weighted by molar-refractivity contribution is 5.82. The normalized spacial score (nSPS) is 17.2. The topological polar surface area (TPSA) is 67.8 Å². The molecule has 1 saturated carbocycles. The number of benzene rings is 2. The zero-order valence-electron chi connectivity index (χ0n) is 21.2. The molecule has 1 aliphatic carbocycles. The highest BCUT2D eigenvalue weighted by atomic mass is 16.5. The molecule has 4 aromatic rings. The van der Waals surface area contributed by atoms with E-state index in [9.17, 15) is 0 Å². The van der Waals surface area contributed by atoms with Crippen LogP contribution in [0.2, 0.25) is 0 Å². The van der Waals surface area contributed by atoms with Crippen LogP contribution in [0.5, 0.6) is 5.88 Å². The van der Waals surface area contributed by atoms with Crippen molar-refractivity contribution in [3.05, 3.63) is 77.4 Å². The second-order valence-corrected chi connectivity index (χ2v) is 10.3. The zero-order chi connectivity index (χ0) is 25.2. The van der Waals surface area contributed by atoms with Crippen molar-refractivity contribution in [3.8, 4) is 28.4 Å². The summed E-state index contributed by atoms with van der Waals surface area (Å²) < 4.78 is 8.53. The van der Waals surface area contributed by atoms with Gasteiger partial charge in [-0.3, -0.25) is 4.40 Å². The SMILES string of the molecule is [C-]#[N+]c1ccc(-c2nc(OC[C@@H]3CCNC3)c3nc(CNCC4CC4)cn3c2-c2ccc(C)cc2)cc1. The maximum Gasteiger partial charge on any atom is 0.259 e. The van der Waals surface area contributed by atoms with Gasteiger partial charge in [-0.25, -0.2) is 14.8 Å². The van der Waals surface area contributed by atoms with Gasteiger partial charge in [0.05, 0.1) is 30.3 Å². The van der Waals surface area contributed by atoms with Gasteiger partial charge in [0.2, 0.25) is 5.65 Å². The quantitative estimate of drug-likeness (QED) is 0.306. The van der Waals surface area contributed by atoms with Gasteiger partial charge >= 0.3 is 0 Å². The first-order chi connectivity index (χ1) is 18.2. The first-order valence-corrected chi connectivity index (χ1v) is 13.2. The fourth-order valence-electron chi connectivity index (χ4n) is 4.91. The number of hydrogen-bond donors (Lipinski definition) is 2. The van der Waals surface area contributed by atoms with E-state index in [1.165, 1.54) is 18.4 Å². The first-order valence-electron chi connectivity index (χ1n) is 13.2. The van der Waals surface area contributed by atoms with Crippen molar-refractivity contribution in [1.82, 2.24) is 25.0 Å². The van der Waals surface area contributed by atoms with Crippen molar-refractivity contribution < 1.29 is 4.74 Å². The minimum Gasteiger partial charge on any atom is -0.475 e. The molecule has 1 atom stereocenters. The molecule has 3 heterocycles. The van der Waals surface area contributed by atoms with Crippen LogP contribution in [-0.2, 0) is 6.54 Å². The molecule has 0 amide bonds. The number of fused-ring (bicyclic) bond motifs is 1. The summed E-state index contributed by atoms with van der Waals surface area (Å²) in [5.74, 6) is 1.83. The summed E-state index contributed by atoms with van der Waals surface area (Å²) in [5, 5.41) is 6.99. The van der Waals surface area contributed by atoms with E-state index < -0.39 is 0 Å². The number of aryl methyl sites for hydroxylation is 1. The van der Waals surface area contributed by atoms with Crippen molar-refractivity contribution in [2.45, 2.75) is 32.7 Å². The van der Waals surface area contributed by atoms with E-state index in [4.69, 9.17) is 21.3 Å². The highest BCUT2D eigenvalue weighted by Crippen LogP contribution is 2.36. The van der Waals surface area contributed by atoms with Crippen molar-refractivity contribution in [3.63, 3.8) is 0 Å². The minimum absolute atomic E-state index is 0.467. The summed E-state index contributed by atoms with van der Waals surface area (Å²) in [4.78, 5) is 13.7. The third-order valence-corrected chi connectivity index (χ3v) is 7.27. The molecule has 6 rings (SSSR count). The van der Waals surface area contributed by atoms with Crippen molar-refractivity contribution >= 4 is 11.3 Å². The molecule has 2 aliphatic rings. The summed E-state index contributed by atoms with van der Waals surface area (Å²) in [5.41, 5.74) is 7.34. The van der Waals surface area contributed by atoms with E-state index in [2.05, 4.69) is 57.3 Å². The van der Waals surface area contributed by atoms with Crippen LogP contribution in [-0.4, -0.2) is 40.6 Å². The van der Waals surface area contributed by atoms with E-state index in [-0.39, 0.29) is 0 Å². The second-order valence-electron chi connectivity index (χ2n) is 10.3. The lowest BCUT2D eigenvalue weighted by molar-refractivity contribution is 0.253. The average molecular weight is 493 g/mol. The summed E-state index contributed by atoms with van der Waals surface area (Å²) in [6.07, 6.45) is 5.87. The summed E-state index contributed by atoms with van der Waals surface area (Å²) in [6, 6.07) is 16.2. The molecule has 1 aliphatic heterocycles. The van der Waals surface area contributed by atoms with E-state index in [1.54, 1.807) is 0 Å². The molecule has 0 unspecified atom stereocenters. The van der Waals surface area contributed by atoms with Gasteiger partial charge in [0, 0.05) is 30.8 Å². The monoisotopic (exact) mass is 492 g/mol. The van der Waals surface area contributed by atoms with Gasteiger partial charge in [-0.15, -0.1) is 0 Å². The molecular formula is C30H32N6O. The van der Waals surface area contributed by atoms with Gasteiger partial charge in [-0.1, -0.05) is 54.1 Å². The lowest BCUT2D eigenvalue weighted by Crippen LogP contribution is -2.16. The van der Waals surface area contributed by atoms with Crippen molar-refractivity contribution in [2.75, 3.05) is 26.2 Å².